The number of amides is 1. The van der Waals surface area contributed by atoms with Crippen molar-refractivity contribution in [3.8, 4) is 0 Å². The van der Waals surface area contributed by atoms with Crippen molar-refractivity contribution in [3.05, 3.63) is 53.1 Å². The van der Waals surface area contributed by atoms with E-state index in [1.54, 1.807) is 6.20 Å². The molecule has 1 aliphatic rings. The molecular weight excluding hydrogens is 290 g/mol. The summed E-state index contributed by atoms with van der Waals surface area (Å²) in [6.07, 6.45) is 3.25. The molecule has 0 spiro atoms. The van der Waals surface area contributed by atoms with Crippen LogP contribution in [0, 0.1) is 13.8 Å². The summed E-state index contributed by atoms with van der Waals surface area (Å²) in [7, 11) is 0. The fraction of sp³-hybridized carbons (Fsp3) is 0.412. The third kappa shape index (κ3) is 3.97. The lowest BCUT2D eigenvalue weighted by molar-refractivity contribution is -0.122. The van der Waals surface area contributed by atoms with Crippen LogP contribution in [-0.4, -0.2) is 28.5 Å². The number of benzene rings is 1. The number of aryl methyl sites for hydroxylation is 2. The maximum absolute atomic E-state index is 12.2. The maximum atomic E-state index is 12.2. The minimum absolute atomic E-state index is 0.0235. The first-order valence-corrected chi connectivity index (χ1v) is 7.97. The standard InChI is InChI=1S/C17H23N5O/c1-11-3-5-13(6-4-11)14-9-15(22-21-14)17(23)18-8-7-16-19-10-12(2)20-16/h3-6,10,14-15,21-22H,7-9H2,1-2H3,(H,18,23)(H,19,20). The average molecular weight is 313 g/mol. The number of carbonyl (C=O) groups is 1. The van der Waals surface area contributed by atoms with Gasteiger partial charge in [-0.3, -0.25) is 4.79 Å². The summed E-state index contributed by atoms with van der Waals surface area (Å²) in [5.41, 5.74) is 9.77. The second kappa shape index (κ2) is 6.93. The van der Waals surface area contributed by atoms with Crippen LogP contribution in [0.1, 0.15) is 35.1 Å². The number of carbonyl (C=O) groups excluding carboxylic acids is 1. The van der Waals surface area contributed by atoms with Gasteiger partial charge in [-0.05, 0) is 25.8 Å². The Hall–Kier alpha value is -2.18. The topological polar surface area (TPSA) is 81.8 Å². The second-order valence-corrected chi connectivity index (χ2v) is 6.09. The minimum Gasteiger partial charge on any atom is -0.354 e. The van der Waals surface area contributed by atoms with Gasteiger partial charge in [0.05, 0.1) is 0 Å². The van der Waals surface area contributed by atoms with Crippen LogP contribution in [0.25, 0.3) is 0 Å². The summed E-state index contributed by atoms with van der Waals surface area (Å²) in [6.45, 7) is 4.62. The number of hydrogen-bond acceptors (Lipinski definition) is 4. The van der Waals surface area contributed by atoms with Crippen molar-refractivity contribution in [3.63, 3.8) is 0 Å². The van der Waals surface area contributed by atoms with E-state index in [2.05, 4.69) is 57.3 Å². The Morgan fingerprint density at radius 1 is 1.26 bits per heavy atom. The van der Waals surface area contributed by atoms with Gasteiger partial charge in [0, 0.05) is 30.9 Å². The zero-order chi connectivity index (χ0) is 16.2. The summed E-state index contributed by atoms with van der Waals surface area (Å²) >= 11 is 0. The summed E-state index contributed by atoms with van der Waals surface area (Å²) in [5, 5.41) is 2.96. The zero-order valence-electron chi connectivity index (χ0n) is 13.5. The van der Waals surface area contributed by atoms with E-state index in [9.17, 15) is 4.79 Å². The fourth-order valence-electron chi connectivity index (χ4n) is 2.77. The molecular formula is C17H23N5O. The summed E-state index contributed by atoms with van der Waals surface area (Å²) in [5.74, 6) is 0.924. The van der Waals surface area contributed by atoms with Crippen molar-refractivity contribution in [1.82, 2.24) is 26.1 Å². The number of H-pyrrole nitrogens is 1. The molecule has 122 valence electrons. The van der Waals surface area contributed by atoms with E-state index >= 15 is 0 Å². The molecule has 6 nitrogen and oxygen atoms in total. The SMILES string of the molecule is Cc1ccc(C2CC(C(=O)NCCc3ncc(C)[nH]3)NN2)cc1. The van der Waals surface area contributed by atoms with Gasteiger partial charge in [-0.1, -0.05) is 29.8 Å². The molecule has 2 atom stereocenters. The largest absolute Gasteiger partial charge is 0.354 e. The first kappa shape index (κ1) is 15.7. The molecule has 2 heterocycles. The molecule has 3 rings (SSSR count). The van der Waals surface area contributed by atoms with E-state index < -0.39 is 0 Å². The lowest BCUT2D eigenvalue weighted by atomic mass is 10.0. The Labute approximate surface area is 136 Å². The molecule has 1 aromatic heterocycles. The molecule has 4 N–H and O–H groups in total. The molecule has 6 heteroatoms. The molecule has 23 heavy (non-hydrogen) atoms. The number of imidazole rings is 1. The maximum Gasteiger partial charge on any atom is 0.238 e. The predicted octanol–water partition coefficient (Wildman–Crippen LogP) is 1.29. The van der Waals surface area contributed by atoms with Crippen molar-refractivity contribution in [2.45, 2.75) is 38.8 Å². The quantitative estimate of drug-likeness (QED) is 0.670. The van der Waals surface area contributed by atoms with Gasteiger partial charge in [-0.25, -0.2) is 15.8 Å². The van der Waals surface area contributed by atoms with E-state index in [1.165, 1.54) is 11.1 Å². The van der Waals surface area contributed by atoms with Crippen molar-refractivity contribution >= 4 is 5.91 Å². The van der Waals surface area contributed by atoms with Crippen molar-refractivity contribution in [1.29, 1.82) is 0 Å². The highest BCUT2D eigenvalue weighted by molar-refractivity contribution is 5.82. The van der Waals surface area contributed by atoms with E-state index in [1.807, 2.05) is 6.92 Å². The lowest BCUT2D eigenvalue weighted by Gasteiger charge is -2.10. The monoisotopic (exact) mass is 313 g/mol. The number of nitrogens with zero attached hydrogens (tertiary/aromatic N) is 1. The van der Waals surface area contributed by atoms with Crippen LogP contribution in [0.5, 0.6) is 0 Å². The van der Waals surface area contributed by atoms with Crippen LogP contribution < -0.4 is 16.2 Å². The third-order valence-electron chi connectivity index (χ3n) is 4.12. The van der Waals surface area contributed by atoms with Crippen LogP contribution >= 0.6 is 0 Å². The fourth-order valence-corrected chi connectivity index (χ4v) is 2.77. The number of aromatic amines is 1. The number of hydrazine groups is 1. The Morgan fingerprint density at radius 3 is 2.74 bits per heavy atom. The highest BCUT2D eigenvalue weighted by Crippen LogP contribution is 2.22. The number of rotatable bonds is 5. The number of nitrogens with one attached hydrogen (secondary N) is 4. The molecule has 1 aromatic carbocycles. The molecule has 1 aliphatic heterocycles. The number of aromatic nitrogens is 2. The van der Waals surface area contributed by atoms with Gasteiger partial charge < -0.3 is 10.3 Å². The molecule has 0 aliphatic carbocycles. The third-order valence-corrected chi connectivity index (χ3v) is 4.12. The summed E-state index contributed by atoms with van der Waals surface area (Å²) < 4.78 is 0. The first-order valence-electron chi connectivity index (χ1n) is 7.97. The van der Waals surface area contributed by atoms with Crippen LogP contribution in [0.15, 0.2) is 30.5 Å². The van der Waals surface area contributed by atoms with E-state index in [4.69, 9.17) is 0 Å². The van der Waals surface area contributed by atoms with Crippen molar-refractivity contribution in [2.75, 3.05) is 6.54 Å². The molecule has 1 saturated heterocycles. The molecule has 0 radical (unpaired) electrons. The summed E-state index contributed by atoms with van der Waals surface area (Å²) in [6, 6.07) is 8.35. The molecule has 2 aromatic rings. The van der Waals surface area contributed by atoms with Gasteiger partial charge in [0.1, 0.15) is 11.9 Å². The highest BCUT2D eigenvalue weighted by atomic mass is 16.2. The normalized spacial score (nSPS) is 20.6. The second-order valence-electron chi connectivity index (χ2n) is 6.09. The Morgan fingerprint density at radius 2 is 2.04 bits per heavy atom. The van der Waals surface area contributed by atoms with Gasteiger partial charge in [0.25, 0.3) is 0 Å². The first-order chi connectivity index (χ1) is 11.1. The molecule has 0 bridgehead atoms. The van der Waals surface area contributed by atoms with E-state index in [-0.39, 0.29) is 18.0 Å². The highest BCUT2D eigenvalue weighted by Gasteiger charge is 2.29. The van der Waals surface area contributed by atoms with Crippen LogP contribution in [-0.2, 0) is 11.2 Å². The molecule has 1 amide bonds. The van der Waals surface area contributed by atoms with Crippen LogP contribution in [0.2, 0.25) is 0 Å². The van der Waals surface area contributed by atoms with Gasteiger partial charge in [0.15, 0.2) is 0 Å². The Kier molecular flexibility index (Phi) is 4.73. The molecule has 1 fully saturated rings. The molecule has 2 unspecified atom stereocenters. The molecule has 0 saturated carbocycles. The van der Waals surface area contributed by atoms with Crippen molar-refractivity contribution in [2.24, 2.45) is 0 Å². The van der Waals surface area contributed by atoms with E-state index in [0.29, 0.717) is 13.0 Å². The Balaban J connectivity index is 1.46. The van der Waals surface area contributed by atoms with Gasteiger partial charge >= 0.3 is 0 Å². The van der Waals surface area contributed by atoms with Crippen molar-refractivity contribution < 1.29 is 4.79 Å². The van der Waals surface area contributed by atoms with Gasteiger partial charge in [-0.15, -0.1) is 0 Å². The van der Waals surface area contributed by atoms with Crippen LogP contribution in [0.4, 0.5) is 0 Å². The smallest absolute Gasteiger partial charge is 0.238 e. The van der Waals surface area contributed by atoms with Gasteiger partial charge in [-0.2, -0.15) is 0 Å². The van der Waals surface area contributed by atoms with E-state index in [0.717, 1.165) is 17.9 Å². The average Bonchev–Trinajstić information content (AvgIpc) is 3.17. The lowest BCUT2D eigenvalue weighted by Crippen LogP contribution is -2.43. The zero-order valence-corrected chi connectivity index (χ0v) is 13.5. The minimum atomic E-state index is -0.209. The van der Waals surface area contributed by atoms with Crippen LogP contribution in [0.3, 0.4) is 0 Å². The number of hydrogen-bond donors (Lipinski definition) is 4. The Bertz CT molecular complexity index is 664. The predicted molar refractivity (Wildman–Crippen MR) is 88.6 cm³/mol. The summed E-state index contributed by atoms with van der Waals surface area (Å²) in [4.78, 5) is 19.6. The van der Waals surface area contributed by atoms with Gasteiger partial charge in [0.2, 0.25) is 5.91 Å².